The highest BCUT2D eigenvalue weighted by atomic mass is 127. The van der Waals surface area contributed by atoms with Crippen molar-refractivity contribution in [2.75, 3.05) is 6.61 Å². The van der Waals surface area contributed by atoms with Gasteiger partial charge in [-0.1, -0.05) is 12.1 Å². The number of hydrogen-bond acceptors (Lipinski definition) is 3. The smallest absolute Gasteiger partial charge is 0.290 e. The lowest BCUT2D eigenvalue weighted by molar-refractivity contribution is -0.325. The molecule has 102 valence electrons. The second kappa shape index (κ2) is 5.87. The summed E-state index contributed by atoms with van der Waals surface area (Å²) in [6, 6.07) is 7.53. The van der Waals surface area contributed by atoms with E-state index in [1.807, 2.05) is 24.3 Å². The zero-order valence-corrected chi connectivity index (χ0v) is 11.7. The van der Waals surface area contributed by atoms with E-state index in [2.05, 4.69) is 37.4 Å². The van der Waals surface area contributed by atoms with Crippen LogP contribution in [0.1, 0.15) is 0 Å². The van der Waals surface area contributed by atoms with E-state index in [9.17, 15) is 13.2 Å². The van der Waals surface area contributed by atoms with Crippen LogP contribution in [0.25, 0.3) is 11.4 Å². The molecule has 0 fully saturated rings. The third kappa shape index (κ3) is 4.46. The molecule has 1 aromatic heterocycles. The van der Waals surface area contributed by atoms with Crippen molar-refractivity contribution in [1.82, 2.24) is 14.8 Å². The van der Waals surface area contributed by atoms with Gasteiger partial charge in [0.15, 0.2) is 5.82 Å². The molecule has 0 radical (unpaired) electrons. The van der Waals surface area contributed by atoms with Crippen LogP contribution in [-0.4, -0.2) is 27.7 Å². The molecule has 0 saturated heterocycles. The number of benzene rings is 1. The quantitative estimate of drug-likeness (QED) is 0.763. The first-order valence-electron chi connectivity index (χ1n) is 5.30. The Morgan fingerprint density at radius 2 is 2.11 bits per heavy atom. The van der Waals surface area contributed by atoms with E-state index < -0.39 is 13.0 Å². The van der Waals surface area contributed by atoms with Crippen molar-refractivity contribution in [2.45, 2.75) is 12.9 Å². The zero-order valence-electron chi connectivity index (χ0n) is 9.56. The normalized spacial score (nSPS) is 11.8. The third-order valence-corrected chi connectivity index (χ3v) is 2.88. The minimum Gasteiger partial charge on any atom is -0.290 e. The van der Waals surface area contributed by atoms with Gasteiger partial charge in [-0.25, -0.2) is 9.67 Å². The van der Waals surface area contributed by atoms with Crippen LogP contribution in [0, 0.1) is 3.57 Å². The van der Waals surface area contributed by atoms with E-state index in [0.717, 1.165) is 9.13 Å². The van der Waals surface area contributed by atoms with Gasteiger partial charge in [-0.05, 0) is 34.7 Å². The number of alkyl halides is 3. The van der Waals surface area contributed by atoms with Crippen LogP contribution in [0.4, 0.5) is 13.2 Å². The van der Waals surface area contributed by atoms with E-state index in [4.69, 9.17) is 0 Å². The maximum absolute atomic E-state index is 11.8. The molecule has 0 unspecified atom stereocenters. The van der Waals surface area contributed by atoms with Gasteiger partial charge in [0.25, 0.3) is 0 Å². The Kier molecular flexibility index (Phi) is 4.40. The van der Waals surface area contributed by atoms with Crippen molar-refractivity contribution in [3.8, 4) is 11.4 Å². The first-order chi connectivity index (χ1) is 8.94. The number of halogens is 4. The molecule has 2 aromatic rings. The van der Waals surface area contributed by atoms with Crippen LogP contribution in [0.2, 0.25) is 0 Å². The average molecular weight is 383 g/mol. The fraction of sp³-hybridized carbons (Fsp3) is 0.273. The summed E-state index contributed by atoms with van der Waals surface area (Å²) in [5.74, 6) is 0.477. The van der Waals surface area contributed by atoms with E-state index in [1.165, 1.54) is 11.0 Å². The average Bonchev–Trinajstić information content (AvgIpc) is 2.76. The predicted molar refractivity (Wildman–Crippen MR) is 70.2 cm³/mol. The third-order valence-electron chi connectivity index (χ3n) is 2.21. The molecule has 19 heavy (non-hydrogen) atoms. The lowest BCUT2D eigenvalue weighted by Gasteiger charge is -2.06. The lowest BCUT2D eigenvalue weighted by atomic mass is 10.2. The summed E-state index contributed by atoms with van der Waals surface area (Å²) in [4.78, 5) is 4.05. The van der Waals surface area contributed by atoms with Gasteiger partial charge in [-0.15, -0.1) is 13.2 Å². The first kappa shape index (κ1) is 14.3. The lowest BCUT2D eigenvalue weighted by Crippen LogP contribution is -2.17. The molecule has 8 heteroatoms. The molecule has 0 atom stereocenters. The molecule has 0 aliphatic carbocycles. The van der Waals surface area contributed by atoms with Crippen LogP contribution in [0.3, 0.4) is 0 Å². The molecule has 0 saturated carbocycles. The van der Waals surface area contributed by atoms with Gasteiger partial charge in [0, 0.05) is 9.13 Å². The largest absolute Gasteiger partial charge is 0.522 e. The van der Waals surface area contributed by atoms with Gasteiger partial charge in [0.05, 0.1) is 13.2 Å². The summed E-state index contributed by atoms with van der Waals surface area (Å²) in [6.45, 7) is -0.491. The van der Waals surface area contributed by atoms with Crippen molar-refractivity contribution < 1.29 is 17.9 Å². The number of hydrogen-bond donors (Lipinski definition) is 0. The summed E-state index contributed by atoms with van der Waals surface area (Å²) in [5.41, 5.74) is 0.822. The van der Waals surface area contributed by atoms with Crippen LogP contribution in [-0.2, 0) is 11.3 Å². The van der Waals surface area contributed by atoms with Crippen LogP contribution < -0.4 is 0 Å². The van der Waals surface area contributed by atoms with Gasteiger partial charge in [0.2, 0.25) is 0 Å². The van der Waals surface area contributed by atoms with E-state index in [0.29, 0.717) is 5.82 Å². The van der Waals surface area contributed by atoms with Gasteiger partial charge >= 0.3 is 6.36 Å². The molecule has 0 spiro atoms. The fourth-order valence-corrected chi connectivity index (χ4v) is 1.96. The highest BCUT2D eigenvalue weighted by Gasteiger charge is 2.28. The van der Waals surface area contributed by atoms with Gasteiger partial charge in [0.1, 0.15) is 6.33 Å². The highest BCUT2D eigenvalue weighted by Crippen LogP contribution is 2.18. The maximum Gasteiger partial charge on any atom is 0.522 e. The zero-order chi connectivity index (χ0) is 13.9. The highest BCUT2D eigenvalue weighted by molar-refractivity contribution is 14.1. The molecule has 2 rings (SSSR count). The second-order valence-electron chi connectivity index (χ2n) is 3.64. The van der Waals surface area contributed by atoms with Crippen molar-refractivity contribution in [3.63, 3.8) is 0 Å². The fourth-order valence-electron chi connectivity index (χ4n) is 1.42. The molecular weight excluding hydrogens is 374 g/mol. The van der Waals surface area contributed by atoms with Gasteiger partial charge in [-0.2, -0.15) is 5.10 Å². The molecule has 0 amide bonds. The minimum absolute atomic E-state index is 0.00354. The van der Waals surface area contributed by atoms with Crippen molar-refractivity contribution >= 4 is 22.6 Å². The Balaban J connectivity index is 1.99. The molecule has 1 heterocycles. The number of rotatable bonds is 4. The van der Waals surface area contributed by atoms with Crippen LogP contribution in [0.15, 0.2) is 30.6 Å². The maximum atomic E-state index is 11.8. The number of aromatic nitrogens is 3. The number of ether oxygens (including phenoxy) is 1. The first-order valence-corrected chi connectivity index (χ1v) is 6.38. The second-order valence-corrected chi connectivity index (χ2v) is 4.88. The van der Waals surface area contributed by atoms with E-state index in [-0.39, 0.29) is 6.54 Å². The molecule has 0 N–H and O–H groups in total. The minimum atomic E-state index is -4.61. The van der Waals surface area contributed by atoms with E-state index in [1.54, 1.807) is 0 Å². The van der Waals surface area contributed by atoms with Crippen molar-refractivity contribution in [2.24, 2.45) is 0 Å². The monoisotopic (exact) mass is 383 g/mol. The summed E-state index contributed by atoms with van der Waals surface area (Å²) in [7, 11) is 0. The molecule has 0 aliphatic heterocycles. The van der Waals surface area contributed by atoms with Crippen molar-refractivity contribution in [3.05, 3.63) is 34.2 Å². The molecule has 0 aliphatic rings. The Labute approximate surface area is 120 Å². The van der Waals surface area contributed by atoms with Gasteiger partial charge in [-0.3, -0.25) is 4.74 Å². The molecular formula is C11H9F3IN3O. The number of nitrogens with zero attached hydrogens (tertiary/aromatic N) is 3. The van der Waals surface area contributed by atoms with Gasteiger partial charge < -0.3 is 0 Å². The summed E-state index contributed by atoms with van der Waals surface area (Å²) in [6.07, 6.45) is -3.23. The molecule has 0 bridgehead atoms. The topological polar surface area (TPSA) is 39.9 Å². The van der Waals surface area contributed by atoms with Crippen molar-refractivity contribution in [1.29, 1.82) is 0 Å². The summed E-state index contributed by atoms with van der Waals surface area (Å²) < 4.78 is 41.4. The summed E-state index contributed by atoms with van der Waals surface area (Å²) in [5, 5.41) is 4.10. The predicted octanol–water partition coefficient (Wildman–Crippen LogP) is 3.09. The Hall–Kier alpha value is -1.16. The molecule has 4 nitrogen and oxygen atoms in total. The molecule has 1 aromatic carbocycles. The standard InChI is InChI=1S/C11H9F3IN3O/c12-11(13,14)19-5-4-18-7-16-10(17-18)8-2-1-3-9(15)6-8/h1-3,6-7H,4-5H2. The van der Waals surface area contributed by atoms with E-state index >= 15 is 0 Å². The summed E-state index contributed by atoms with van der Waals surface area (Å²) >= 11 is 2.16. The Bertz CT molecular complexity index is 556. The van der Waals surface area contributed by atoms with Crippen LogP contribution >= 0.6 is 22.6 Å². The Morgan fingerprint density at radius 3 is 2.79 bits per heavy atom. The van der Waals surface area contributed by atoms with Crippen LogP contribution in [0.5, 0.6) is 0 Å². The Morgan fingerprint density at radius 1 is 1.32 bits per heavy atom. The SMILES string of the molecule is FC(F)(F)OCCn1cnc(-c2cccc(I)c2)n1.